The molecule has 0 saturated carbocycles. The largest absolute Gasteiger partial charge is 0.496 e. The molecular formula is C14H21BrN2O. The van der Waals surface area contributed by atoms with Gasteiger partial charge in [-0.1, -0.05) is 15.9 Å². The normalized spacial score (nSPS) is 25.1. The molecule has 1 aliphatic heterocycles. The third kappa shape index (κ3) is 3.05. The van der Waals surface area contributed by atoms with Crippen molar-refractivity contribution in [3.05, 3.63) is 28.2 Å². The lowest BCUT2D eigenvalue weighted by Crippen LogP contribution is -2.54. The van der Waals surface area contributed by atoms with E-state index in [1.165, 1.54) is 5.56 Å². The summed E-state index contributed by atoms with van der Waals surface area (Å²) in [5.74, 6) is 0.969. The number of hydrogen-bond acceptors (Lipinski definition) is 3. The van der Waals surface area contributed by atoms with Crippen LogP contribution in [0, 0.1) is 0 Å². The molecule has 0 aromatic heterocycles. The zero-order chi connectivity index (χ0) is 13.1. The molecule has 0 aliphatic carbocycles. The van der Waals surface area contributed by atoms with Crippen molar-refractivity contribution >= 4 is 15.9 Å². The predicted molar refractivity (Wildman–Crippen MR) is 78.0 cm³/mol. The van der Waals surface area contributed by atoms with Gasteiger partial charge in [0.25, 0.3) is 0 Å². The van der Waals surface area contributed by atoms with Gasteiger partial charge in [0.2, 0.25) is 0 Å². The van der Waals surface area contributed by atoms with E-state index in [1.807, 2.05) is 12.1 Å². The Morgan fingerprint density at radius 2 is 2.00 bits per heavy atom. The maximum absolute atomic E-state index is 5.45. The number of hydrogen-bond donors (Lipinski definition) is 1. The number of piperazine rings is 1. The van der Waals surface area contributed by atoms with E-state index >= 15 is 0 Å². The fraction of sp³-hybridized carbons (Fsp3) is 0.571. The Morgan fingerprint density at radius 3 is 2.61 bits per heavy atom. The van der Waals surface area contributed by atoms with Crippen LogP contribution in [0.1, 0.15) is 19.4 Å². The first-order chi connectivity index (χ1) is 8.61. The highest BCUT2D eigenvalue weighted by molar-refractivity contribution is 9.10. The highest BCUT2D eigenvalue weighted by atomic mass is 79.9. The summed E-state index contributed by atoms with van der Waals surface area (Å²) in [4.78, 5) is 2.53. The van der Waals surface area contributed by atoms with Crippen LogP contribution < -0.4 is 10.1 Å². The second kappa shape index (κ2) is 6.04. The van der Waals surface area contributed by atoms with Crippen LogP contribution in [0.4, 0.5) is 0 Å². The average Bonchev–Trinajstić information content (AvgIpc) is 2.34. The van der Waals surface area contributed by atoms with Gasteiger partial charge < -0.3 is 10.1 Å². The summed E-state index contributed by atoms with van der Waals surface area (Å²) in [5, 5.41) is 3.46. The predicted octanol–water partition coefficient (Wildman–Crippen LogP) is 2.64. The van der Waals surface area contributed by atoms with Crippen LogP contribution >= 0.6 is 15.9 Å². The van der Waals surface area contributed by atoms with E-state index in [0.717, 1.165) is 29.9 Å². The van der Waals surface area contributed by atoms with E-state index in [1.54, 1.807) is 7.11 Å². The van der Waals surface area contributed by atoms with E-state index in [9.17, 15) is 0 Å². The zero-order valence-corrected chi connectivity index (χ0v) is 12.8. The minimum atomic E-state index is 0.553. The third-order valence-electron chi connectivity index (χ3n) is 3.61. The second-order valence-corrected chi connectivity index (χ2v) is 5.90. The molecule has 2 rings (SSSR count). The van der Waals surface area contributed by atoms with Gasteiger partial charge in [-0.2, -0.15) is 0 Å². The molecule has 1 heterocycles. The molecule has 0 bridgehead atoms. The van der Waals surface area contributed by atoms with Gasteiger partial charge >= 0.3 is 0 Å². The fourth-order valence-electron chi connectivity index (χ4n) is 2.55. The molecule has 1 saturated heterocycles. The SMILES string of the molecule is COc1ccc(Br)cc1CN1C(C)CNCC1C. The van der Waals surface area contributed by atoms with Gasteiger partial charge in [0.1, 0.15) is 5.75 Å². The Bertz CT molecular complexity index is 401. The molecule has 3 nitrogen and oxygen atoms in total. The Labute approximate surface area is 118 Å². The van der Waals surface area contributed by atoms with Crippen LogP contribution in [-0.4, -0.2) is 37.2 Å². The molecule has 1 fully saturated rings. The smallest absolute Gasteiger partial charge is 0.123 e. The second-order valence-electron chi connectivity index (χ2n) is 4.98. The van der Waals surface area contributed by atoms with Gasteiger partial charge in [-0.25, -0.2) is 0 Å². The first-order valence-corrected chi connectivity index (χ1v) is 7.20. The Kier molecular flexibility index (Phi) is 4.65. The monoisotopic (exact) mass is 312 g/mol. The van der Waals surface area contributed by atoms with Crippen LogP contribution in [0.25, 0.3) is 0 Å². The highest BCUT2D eigenvalue weighted by Gasteiger charge is 2.25. The number of rotatable bonds is 3. The van der Waals surface area contributed by atoms with Crippen molar-refractivity contribution in [1.82, 2.24) is 10.2 Å². The summed E-state index contributed by atoms with van der Waals surface area (Å²) in [6.07, 6.45) is 0. The van der Waals surface area contributed by atoms with Crippen LogP contribution in [0.2, 0.25) is 0 Å². The van der Waals surface area contributed by atoms with E-state index in [0.29, 0.717) is 12.1 Å². The van der Waals surface area contributed by atoms with E-state index < -0.39 is 0 Å². The molecule has 1 N–H and O–H groups in total. The first kappa shape index (κ1) is 13.8. The fourth-order valence-corrected chi connectivity index (χ4v) is 2.96. The molecule has 0 spiro atoms. The lowest BCUT2D eigenvalue weighted by atomic mass is 10.1. The quantitative estimate of drug-likeness (QED) is 0.928. The maximum Gasteiger partial charge on any atom is 0.123 e. The average molecular weight is 313 g/mol. The van der Waals surface area contributed by atoms with Gasteiger partial charge in [-0.3, -0.25) is 4.90 Å². The van der Waals surface area contributed by atoms with Crippen molar-refractivity contribution in [2.75, 3.05) is 20.2 Å². The minimum Gasteiger partial charge on any atom is -0.496 e. The van der Waals surface area contributed by atoms with Gasteiger partial charge in [-0.05, 0) is 32.0 Å². The Hall–Kier alpha value is -0.580. The highest BCUT2D eigenvalue weighted by Crippen LogP contribution is 2.26. The third-order valence-corrected chi connectivity index (χ3v) is 4.10. The molecule has 100 valence electrons. The van der Waals surface area contributed by atoms with Crippen LogP contribution in [0.5, 0.6) is 5.75 Å². The number of nitrogens with zero attached hydrogens (tertiary/aromatic N) is 1. The van der Waals surface area contributed by atoms with Crippen molar-refractivity contribution in [1.29, 1.82) is 0 Å². The van der Waals surface area contributed by atoms with Gasteiger partial charge in [0, 0.05) is 41.8 Å². The molecule has 2 atom stereocenters. The van der Waals surface area contributed by atoms with Crippen LogP contribution in [0.3, 0.4) is 0 Å². The number of nitrogens with one attached hydrogen (secondary N) is 1. The summed E-state index contributed by atoms with van der Waals surface area (Å²) in [6.45, 7) is 7.59. The summed E-state index contributed by atoms with van der Waals surface area (Å²) in [5.41, 5.74) is 1.24. The van der Waals surface area contributed by atoms with E-state index in [4.69, 9.17) is 4.74 Å². The Balaban J connectivity index is 2.19. The van der Waals surface area contributed by atoms with Crippen LogP contribution in [0.15, 0.2) is 22.7 Å². The molecule has 1 aromatic rings. The van der Waals surface area contributed by atoms with Crippen LogP contribution in [-0.2, 0) is 6.54 Å². The molecule has 0 radical (unpaired) electrons. The molecule has 0 amide bonds. The number of ether oxygens (including phenoxy) is 1. The molecule has 1 aromatic carbocycles. The van der Waals surface area contributed by atoms with Crippen molar-refractivity contribution in [2.24, 2.45) is 0 Å². The lowest BCUT2D eigenvalue weighted by molar-refractivity contribution is 0.107. The van der Waals surface area contributed by atoms with Crippen molar-refractivity contribution in [2.45, 2.75) is 32.5 Å². The summed E-state index contributed by atoms with van der Waals surface area (Å²) in [7, 11) is 1.73. The summed E-state index contributed by atoms with van der Waals surface area (Å²) >= 11 is 3.53. The molecule has 1 aliphatic rings. The summed E-state index contributed by atoms with van der Waals surface area (Å²) < 4.78 is 6.55. The van der Waals surface area contributed by atoms with Gasteiger partial charge in [-0.15, -0.1) is 0 Å². The number of halogens is 1. The molecule has 2 unspecified atom stereocenters. The van der Waals surface area contributed by atoms with Crippen molar-refractivity contribution < 1.29 is 4.74 Å². The first-order valence-electron chi connectivity index (χ1n) is 6.40. The standard InChI is InChI=1S/C14H21BrN2O/c1-10-7-16-8-11(2)17(10)9-12-6-13(15)4-5-14(12)18-3/h4-6,10-11,16H,7-9H2,1-3H3. The topological polar surface area (TPSA) is 24.5 Å². The minimum absolute atomic E-state index is 0.553. The van der Waals surface area contributed by atoms with Gasteiger partial charge in [0.15, 0.2) is 0 Å². The lowest BCUT2D eigenvalue weighted by Gasteiger charge is -2.39. The van der Waals surface area contributed by atoms with E-state index in [-0.39, 0.29) is 0 Å². The number of methoxy groups -OCH3 is 1. The van der Waals surface area contributed by atoms with Crippen molar-refractivity contribution in [3.8, 4) is 5.75 Å². The number of benzene rings is 1. The summed E-state index contributed by atoms with van der Waals surface area (Å²) in [6, 6.07) is 7.30. The molecule has 18 heavy (non-hydrogen) atoms. The van der Waals surface area contributed by atoms with E-state index in [2.05, 4.69) is 46.1 Å². The zero-order valence-electron chi connectivity index (χ0n) is 11.2. The maximum atomic E-state index is 5.45. The molecule has 4 heteroatoms. The molecular weight excluding hydrogens is 292 g/mol. The van der Waals surface area contributed by atoms with Crippen molar-refractivity contribution in [3.63, 3.8) is 0 Å². The van der Waals surface area contributed by atoms with Gasteiger partial charge in [0.05, 0.1) is 7.11 Å². The Morgan fingerprint density at radius 1 is 1.33 bits per heavy atom.